The molecule has 0 heterocycles. The Morgan fingerprint density at radius 3 is 1.47 bits per heavy atom. The molecular weight excluding hydrogens is 750 g/mol. The average molecular weight is 838 g/mol. The van der Waals surface area contributed by atoms with Crippen molar-refractivity contribution in [1.82, 2.24) is 0 Å². The molecule has 0 aliphatic carbocycles. The van der Waals surface area contributed by atoms with E-state index in [4.69, 9.17) is 18.5 Å². The summed E-state index contributed by atoms with van der Waals surface area (Å²) in [5, 5.41) is 0. The fraction of sp³-hybridized carbons (Fsp3) is 0.792. The number of nitrogens with zero attached hydrogens (tertiary/aromatic N) is 1. The molecule has 0 aromatic heterocycles. The quantitative estimate of drug-likeness (QED) is 0.0196. The van der Waals surface area contributed by atoms with Crippen molar-refractivity contribution >= 4 is 19.8 Å². The van der Waals surface area contributed by atoms with E-state index in [0.717, 1.165) is 64.2 Å². The third-order valence-electron chi connectivity index (χ3n) is 9.82. The van der Waals surface area contributed by atoms with Crippen LogP contribution in [0.4, 0.5) is 0 Å². The summed E-state index contributed by atoms with van der Waals surface area (Å²) in [7, 11) is 1.14. The minimum Gasteiger partial charge on any atom is -0.756 e. The van der Waals surface area contributed by atoms with Gasteiger partial charge >= 0.3 is 11.9 Å². The van der Waals surface area contributed by atoms with Crippen molar-refractivity contribution in [3.05, 3.63) is 48.6 Å². The topological polar surface area (TPSA) is 111 Å². The van der Waals surface area contributed by atoms with Crippen LogP contribution in [-0.4, -0.2) is 70.0 Å². The Bertz CT molecular complexity index is 1130. The van der Waals surface area contributed by atoms with Crippen molar-refractivity contribution in [2.24, 2.45) is 0 Å². The third-order valence-corrected chi connectivity index (χ3v) is 10.8. The highest BCUT2D eigenvalue weighted by Gasteiger charge is 2.21. The molecule has 0 aliphatic rings. The molecule has 338 valence electrons. The van der Waals surface area contributed by atoms with E-state index < -0.39 is 32.5 Å². The normalized spacial score (nSPS) is 14.0. The van der Waals surface area contributed by atoms with Crippen molar-refractivity contribution in [2.75, 3.05) is 47.5 Å². The van der Waals surface area contributed by atoms with Gasteiger partial charge in [-0.3, -0.25) is 14.2 Å². The first-order valence-electron chi connectivity index (χ1n) is 23.3. The highest BCUT2D eigenvalue weighted by atomic mass is 31.2. The molecule has 10 heteroatoms. The second kappa shape index (κ2) is 40.4. The molecule has 0 spiro atoms. The van der Waals surface area contributed by atoms with Gasteiger partial charge in [0.15, 0.2) is 6.10 Å². The van der Waals surface area contributed by atoms with Crippen LogP contribution in [0.5, 0.6) is 0 Å². The van der Waals surface area contributed by atoms with Gasteiger partial charge in [-0.05, 0) is 77.0 Å². The van der Waals surface area contributed by atoms with Gasteiger partial charge in [0.25, 0.3) is 7.82 Å². The third kappa shape index (κ3) is 43.5. The van der Waals surface area contributed by atoms with E-state index in [1.807, 2.05) is 21.1 Å². The molecule has 2 atom stereocenters. The smallest absolute Gasteiger partial charge is 0.306 e. The second-order valence-corrected chi connectivity index (χ2v) is 18.2. The Kier molecular flexibility index (Phi) is 39.0. The predicted molar refractivity (Wildman–Crippen MR) is 240 cm³/mol. The first-order chi connectivity index (χ1) is 28.0. The van der Waals surface area contributed by atoms with Crippen LogP contribution >= 0.6 is 7.82 Å². The summed E-state index contributed by atoms with van der Waals surface area (Å²) in [6, 6.07) is 0. The largest absolute Gasteiger partial charge is 0.756 e. The summed E-state index contributed by atoms with van der Waals surface area (Å²) < 4.78 is 33.9. The van der Waals surface area contributed by atoms with Crippen molar-refractivity contribution in [3.8, 4) is 0 Å². The predicted octanol–water partition coefficient (Wildman–Crippen LogP) is 12.8. The highest BCUT2D eigenvalue weighted by molar-refractivity contribution is 7.45. The van der Waals surface area contributed by atoms with Crippen molar-refractivity contribution in [3.63, 3.8) is 0 Å². The standard InChI is InChI=1S/C48H88NO8P/c1-6-8-10-12-14-16-18-20-22-23-24-25-27-28-30-32-34-36-38-40-47(50)54-44-46(45-56-58(52,53)55-43-42-49(3,4)5)57-48(51)41-39-37-35-33-31-29-26-21-19-17-15-13-11-9-7-2/h15,17,21,23-24,26,31,33,46H,6-14,16,18-20,22,25,27-30,32,34-45H2,1-5H3/b17-15-,24-23-,26-21-,33-31-/t46-/m1/s1. The first-order valence-corrected chi connectivity index (χ1v) is 24.8. The van der Waals surface area contributed by atoms with E-state index >= 15 is 0 Å². The van der Waals surface area contributed by atoms with Gasteiger partial charge in [-0.1, -0.05) is 152 Å². The number of esters is 2. The number of hydrogen-bond donors (Lipinski definition) is 0. The average Bonchev–Trinajstić information content (AvgIpc) is 3.17. The van der Waals surface area contributed by atoms with Crippen LogP contribution in [0.3, 0.4) is 0 Å². The molecule has 0 fully saturated rings. The van der Waals surface area contributed by atoms with Crippen molar-refractivity contribution < 1.29 is 42.1 Å². The lowest BCUT2D eigenvalue weighted by Crippen LogP contribution is -2.37. The number of likely N-dealkylation sites (N-methyl/N-ethyl adjacent to an activating group) is 1. The van der Waals surface area contributed by atoms with Crippen molar-refractivity contribution in [1.29, 1.82) is 0 Å². The maximum atomic E-state index is 12.7. The lowest BCUT2D eigenvalue weighted by molar-refractivity contribution is -0.870. The summed E-state index contributed by atoms with van der Waals surface area (Å²) in [6.07, 6.45) is 47.1. The Morgan fingerprint density at radius 1 is 0.534 bits per heavy atom. The molecule has 0 amide bonds. The molecule has 0 rings (SSSR count). The molecule has 0 N–H and O–H groups in total. The zero-order chi connectivity index (χ0) is 42.8. The number of phosphoric acid groups is 1. The van der Waals surface area contributed by atoms with Gasteiger partial charge in [-0.15, -0.1) is 0 Å². The van der Waals surface area contributed by atoms with Crippen LogP contribution < -0.4 is 4.89 Å². The van der Waals surface area contributed by atoms with Crippen molar-refractivity contribution in [2.45, 2.75) is 200 Å². The molecule has 0 aromatic rings. The number of hydrogen-bond acceptors (Lipinski definition) is 8. The molecule has 1 unspecified atom stereocenters. The molecule has 0 aliphatic heterocycles. The second-order valence-electron chi connectivity index (χ2n) is 16.8. The monoisotopic (exact) mass is 838 g/mol. The van der Waals surface area contributed by atoms with E-state index in [0.29, 0.717) is 17.4 Å². The number of ether oxygens (including phenoxy) is 2. The van der Waals surface area contributed by atoms with Crippen LogP contribution in [0.15, 0.2) is 48.6 Å². The number of allylic oxidation sites excluding steroid dienone is 8. The van der Waals surface area contributed by atoms with E-state index in [9.17, 15) is 19.0 Å². The molecule has 0 aromatic carbocycles. The fourth-order valence-corrected chi connectivity index (χ4v) is 6.85. The molecule has 0 saturated heterocycles. The summed E-state index contributed by atoms with van der Waals surface area (Å²) in [4.78, 5) is 37.6. The molecule has 0 bridgehead atoms. The van der Waals surface area contributed by atoms with E-state index in [-0.39, 0.29) is 26.1 Å². The van der Waals surface area contributed by atoms with Crippen LogP contribution in [0, 0.1) is 0 Å². The fourth-order valence-electron chi connectivity index (χ4n) is 6.13. The van der Waals surface area contributed by atoms with E-state index in [1.54, 1.807) is 0 Å². The first kappa shape index (κ1) is 56.0. The van der Waals surface area contributed by atoms with Gasteiger partial charge in [0, 0.05) is 12.8 Å². The maximum absolute atomic E-state index is 12.7. The van der Waals surface area contributed by atoms with Gasteiger partial charge in [0.2, 0.25) is 0 Å². The van der Waals surface area contributed by atoms with Gasteiger partial charge in [-0.2, -0.15) is 0 Å². The molecule has 9 nitrogen and oxygen atoms in total. The van der Waals surface area contributed by atoms with Gasteiger partial charge in [0.1, 0.15) is 19.8 Å². The lowest BCUT2D eigenvalue weighted by atomic mass is 10.1. The zero-order valence-electron chi connectivity index (χ0n) is 38.0. The Balaban J connectivity index is 4.37. The molecular formula is C48H88NO8P. The zero-order valence-corrected chi connectivity index (χ0v) is 38.9. The summed E-state index contributed by atoms with van der Waals surface area (Å²) in [5.74, 6) is -0.884. The number of carbonyl (C=O) groups excluding carboxylic acids is 2. The summed E-state index contributed by atoms with van der Waals surface area (Å²) in [6.45, 7) is 4.15. The molecule has 0 saturated carbocycles. The van der Waals surface area contributed by atoms with E-state index in [2.05, 4.69) is 62.5 Å². The number of unbranched alkanes of at least 4 members (excludes halogenated alkanes) is 20. The maximum Gasteiger partial charge on any atom is 0.306 e. The Labute approximate surface area is 356 Å². The summed E-state index contributed by atoms with van der Waals surface area (Å²) in [5.41, 5.74) is 0. The SMILES string of the molecule is CCCCC/C=C\C/C=C\C/C=C\CCCCC(=O)O[C@H](COC(=O)CCCCCCCCC/C=C\CCCCCCCCCC)COP(=O)([O-])OCC[N+](C)(C)C. The number of carbonyl (C=O) groups is 2. The lowest BCUT2D eigenvalue weighted by Gasteiger charge is -2.28. The minimum absolute atomic E-state index is 0.0399. The Morgan fingerprint density at radius 2 is 0.931 bits per heavy atom. The van der Waals surface area contributed by atoms with Gasteiger partial charge < -0.3 is 27.9 Å². The van der Waals surface area contributed by atoms with Crippen LogP contribution in [0.2, 0.25) is 0 Å². The van der Waals surface area contributed by atoms with Crippen LogP contribution in [0.25, 0.3) is 0 Å². The van der Waals surface area contributed by atoms with Gasteiger partial charge in [0.05, 0.1) is 27.7 Å². The van der Waals surface area contributed by atoms with Crippen LogP contribution in [-0.2, 0) is 32.7 Å². The number of quaternary nitrogens is 1. The van der Waals surface area contributed by atoms with Gasteiger partial charge in [-0.25, -0.2) is 0 Å². The highest BCUT2D eigenvalue weighted by Crippen LogP contribution is 2.38. The number of rotatable bonds is 42. The Hall–Kier alpha value is -2.03. The molecule has 0 radical (unpaired) electrons. The summed E-state index contributed by atoms with van der Waals surface area (Å²) >= 11 is 0. The van der Waals surface area contributed by atoms with Crippen LogP contribution in [0.1, 0.15) is 194 Å². The number of phosphoric ester groups is 1. The van der Waals surface area contributed by atoms with E-state index in [1.165, 1.54) is 96.3 Å². The minimum atomic E-state index is -4.64. The molecule has 58 heavy (non-hydrogen) atoms.